The first kappa shape index (κ1) is 31.3. The molecule has 1 heterocycles. The summed E-state index contributed by atoms with van der Waals surface area (Å²) in [4.78, 5) is 21.0. The van der Waals surface area contributed by atoms with Crippen LogP contribution in [0, 0.1) is 23.2 Å². The highest BCUT2D eigenvalue weighted by atomic mass is 32.2. The smallest absolute Gasteiger partial charge is 0.267 e. The number of methoxy groups -OCH3 is 2. The zero-order valence-corrected chi connectivity index (χ0v) is 27.2. The van der Waals surface area contributed by atoms with Crippen LogP contribution in [0.5, 0.6) is 11.5 Å². The monoisotopic (exact) mass is 627 g/mol. The lowest BCUT2D eigenvalue weighted by atomic mass is 9.53. The average Bonchev–Trinajstić information content (AvgIpc) is 3.37. The van der Waals surface area contributed by atoms with Crippen LogP contribution in [0.2, 0.25) is 0 Å². The Balaban J connectivity index is 1.35. The van der Waals surface area contributed by atoms with Crippen molar-refractivity contribution in [3.63, 3.8) is 0 Å². The predicted octanol–water partition coefficient (Wildman–Crippen LogP) is 5.31. The Bertz CT molecular complexity index is 1580. The summed E-state index contributed by atoms with van der Waals surface area (Å²) >= 11 is 1.34. The summed E-state index contributed by atoms with van der Waals surface area (Å²) in [5, 5.41) is 12.1. The molecule has 1 amide bonds. The van der Waals surface area contributed by atoms with Gasteiger partial charge in [-0.05, 0) is 54.2 Å². The molecule has 1 fully saturated rings. The molecule has 9 nitrogen and oxygen atoms in total. The molecule has 0 bridgehead atoms. The van der Waals surface area contributed by atoms with Gasteiger partial charge in [-0.3, -0.25) is 9.52 Å². The maximum absolute atomic E-state index is 13.5. The Labute approximate surface area is 258 Å². The van der Waals surface area contributed by atoms with E-state index >= 15 is 0 Å². The average molecular weight is 628 g/mol. The molecule has 1 aromatic heterocycles. The van der Waals surface area contributed by atoms with Gasteiger partial charge in [0.1, 0.15) is 16.4 Å². The van der Waals surface area contributed by atoms with Crippen LogP contribution in [-0.4, -0.2) is 56.7 Å². The molecule has 2 aliphatic rings. The first-order chi connectivity index (χ1) is 20.4. The van der Waals surface area contributed by atoms with Crippen molar-refractivity contribution in [1.82, 2.24) is 9.88 Å². The molecule has 43 heavy (non-hydrogen) atoms. The number of nitrogens with one attached hydrogen (secondary N) is 1. The molecule has 5 rings (SSSR count). The van der Waals surface area contributed by atoms with Crippen LogP contribution >= 0.6 is 11.3 Å². The molecule has 2 aliphatic carbocycles. The molecular weight excluding hydrogens is 587 g/mol. The van der Waals surface area contributed by atoms with Crippen LogP contribution < -0.4 is 14.2 Å². The number of carbonyl (C=O) groups is 1. The van der Waals surface area contributed by atoms with Gasteiger partial charge >= 0.3 is 0 Å². The molecule has 232 valence electrons. The number of thiazole rings is 1. The first-order valence-corrected chi connectivity index (χ1v) is 16.9. The van der Waals surface area contributed by atoms with Gasteiger partial charge in [-0.1, -0.05) is 51.1 Å². The van der Waals surface area contributed by atoms with Gasteiger partial charge in [-0.2, -0.15) is 0 Å². The zero-order valence-electron chi connectivity index (χ0n) is 25.5. The van der Waals surface area contributed by atoms with Gasteiger partial charge in [0.05, 0.1) is 26.0 Å². The molecule has 11 heteroatoms. The van der Waals surface area contributed by atoms with Crippen molar-refractivity contribution < 1.29 is 27.8 Å². The second-order valence-electron chi connectivity index (χ2n) is 12.3. The van der Waals surface area contributed by atoms with E-state index in [1.165, 1.54) is 31.6 Å². The molecular formula is C32H41N3O6S2. The fourth-order valence-corrected chi connectivity index (χ4v) is 9.90. The highest BCUT2D eigenvalue weighted by Crippen LogP contribution is 2.57. The number of nitrogens with zero attached hydrogens (tertiary/aromatic N) is 2. The van der Waals surface area contributed by atoms with Crippen LogP contribution in [0.15, 0.2) is 53.4 Å². The summed E-state index contributed by atoms with van der Waals surface area (Å²) in [6.45, 7) is 6.72. The molecule has 2 aromatic carbocycles. The molecule has 3 aromatic rings. The van der Waals surface area contributed by atoms with E-state index in [-0.39, 0.29) is 50.8 Å². The van der Waals surface area contributed by atoms with Gasteiger partial charge in [-0.25, -0.2) is 13.4 Å². The molecule has 0 unspecified atom stereocenters. The summed E-state index contributed by atoms with van der Waals surface area (Å²) < 4.78 is 40.0. The first-order valence-electron chi connectivity index (χ1n) is 14.6. The van der Waals surface area contributed by atoms with E-state index < -0.39 is 16.1 Å². The van der Waals surface area contributed by atoms with Crippen molar-refractivity contribution in [2.75, 3.05) is 26.0 Å². The Kier molecular flexibility index (Phi) is 8.79. The minimum atomic E-state index is -4.02. The van der Waals surface area contributed by atoms with E-state index in [4.69, 9.17) is 14.5 Å². The number of amides is 1. The number of benzene rings is 2. The fraction of sp³-hybridized carbons (Fsp3) is 0.500. The van der Waals surface area contributed by atoms with E-state index in [0.717, 1.165) is 29.0 Å². The zero-order chi connectivity index (χ0) is 31.1. The van der Waals surface area contributed by atoms with Crippen molar-refractivity contribution in [2.45, 2.75) is 63.5 Å². The molecule has 1 saturated carbocycles. The van der Waals surface area contributed by atoms with Crippen LogP contribution in [-0.2, 0) is 27.8 Å². The second-order valence-corrected chi connectivity index (χ2v) is 15.0. The predicted molar refractivity (Wildman–Crippen MR) is 167 cm³/mol. The number of aliphatic hydroxyl groups excluding tert-OH is 1. The van der Waals surface area contributed by atoms with Crippen molar-refractivity contribution >= 4 is 32.4 Å². The van der Waals surface area contributed by atoms with Gasteiger partial charge in [0.25, 0.3) is 10.0 Å². The standard InChI is InChI=1S/C32H41N3O6S2/c1-19(30(37)35(4)18-21-10-8-7-9-11-21)23-14-15-32(3)17-25-28(20(2)27(32)29(23)36)33-31(42-25)34-43(38,39)26-16-22(40-5)12-13-24(26)41-6/h7-13,16,19-20,23,27,29,36H,14-15,17-18H2,1-6H3,(H,33,34)/t19-,20-,23+,27+,29-,32-/m0/s1. The largest absolute Gasteiger partial charge is 0.497 e. The maximum atomic E-state index is 13.5. The molecule has 0 saturated heterocycles. The summed E-state index contributed by atoms with van der Waals surface area (Å²) in [5.74, 6) is -0.113. The van der Waals surface area contributed by atoms with E-state index in [0.29, 0.717) is 18.7 Å². The van der Waals surface area contributed by atoms with Gasteiger partial charge < -0.3 is 19.5 Å². The lowest BCUT2D eigenvalue weighted by molar-refractivity contribution is -0.144. The van der Waals surface area contributed by atoms with E-state index in [9.17, 15) is 18.3 Å². The van der Waals surface area contributed by atoms with Crippen LogP contribution in [0.1, 0.15) is 55.7 Å². The highest BCUT2D eigenvalue weighted by Gasteiger charge is 2.54. The lowest BCUT2D eigenvalue weighted by Gasteiger charge is -2.53. The number of anilines is 1. The second kappa shape index (κ2) is 12.1. The van der Waals surface area contributed by atoms with E-state index in [1.807, 2.05) is 44.3 Å². The Morgan fingerprint density at radius 2 is 1.93 bits per heavy atom. The number of carbonyl (C=O) groups excluding carboxylic acids is 1. The van der Waals surface area contributed by atoms with Crippen molar-refractivity contribution in [2.24, 2.45) is 23.2 Å². The molecule has 6 atom stereocenters. The van der Waals surface area contributed by atoms with Crippen molar-refractivity contribution in [3.8, 4) is 11.5 Å². The summed E-state index contributed by atoms with van der Waals surface area (Å²) in [6, 6.07) is 14.5. The SMILES string of the molecule is COc1ccc(OC)c(S(=O)(=O)Nc2nc3c(s2)C[C@]2(C)CC[C@H]([C@H](C)C(=O)N(C)Cc4ccccc4)[C@H](O)[C@H]2[C@@H]3C)c1. The van der Waals surface area contributed by atoms with E-state index in [1.54, 1.807) is 17.0 Å². The topological polar surface area (TPSA) is 118 Å². The summed E-state index contributed by atoms with van der Waals surface area (Å²) in [5.41, 5.74) is 1.68. The number of aromatic nitrogens is 1. The minimum Gasteiger partial charge on any atom is -0.497 e. The number of aliphatic hydroxyl groups is 1. The van der Waals surface area contributed by atoms with Crippen molar-refractivity contribution in [3.05, 3.63) is 64.7 Å². The minimum absolute atomic E-state index is 0.0268. The molecule has 2 N–H and O–H groups in total. The quantitative estimate of drug-likeness (QED) is 0.330. The Morgan fingerprint density at radius 3 is 2.60 bits per heavy atom. The number of rotatable bonds is 9. The third-order valence-electron chi connectivity index (χ3n) is 9.47. The number of fused-ring (bicyclic) bond motifs is 2. The third-order valence-corrected chi connectivity index (χ3v) is 12.0. The summed E-state index contributed by atoms with van der Waals surface area (Å²) in [6.07, 6.45) is 1.62. The normalized spacial score (nSPS) is 25.7. The highest BCUT2D eigenvalue weighted by molar-refractivity contribution is 7.93. The fourth-order valence-electron chi connectivity index (χ4n) is 7.22. The molecule has 0 aliphatic heterocycles. The van der Waals surface area contributed by atoms with Crippen LogP contribution in [0.4, 0.5) is 5.13 Å². The molecule has 0 radical (unpaired) electrons. The van der Waals surface area contributed by atoms with E-state index in [2.05, 4.69) is 18.6 Å². The third kappa shape index (κ3) is 5.99. The van der Waals surface area contributed by atoms with Gasteiger partial charge in [0.15, 0.2) is 5.13 Å². The number of hydrogen-bond acceptors (Lipinski definition) is 8. The van der Waals surface area contributed by atoms with Crippen LogP contribution in [0.25, 0.3) is 0 Å². The van der Waals surface area contributed by atoms with Gasteiger partial charge in [-0.15, -0.1) is 11.3 Å². The van der Waals surface area contributed by atoms with Crippen LogP contribution in [0.3, 0.4) is 0 Å². The number of hydrogen-bond donors (Lipinski definition) is 2. The summed E-state index contributed by atoms with van der Waals surface area (Å²) in [7, 11) is 0.693. The Morgan fingerprint density at radius 1 is 1.21 bits per heavy atom. The Hall–Kier alpha value is -3.15. The van der Waals surface area contributed by atoms with Gasteiger partial charge in [0, 0.05) is 36.4 Å². The van der Waals surface area contributed by atoms with Crippen molar-refractivity contribution in [1.29, 1.82) is 0 Å². The number of sulfonamides is 1. The molecule has 0 spiro atoms. The number of ether oxygens (including phenoxy) is 2. The van der Waals surface area contributed by atoms with Gasteiger partial charge in [0.2, 0.25) is 5.91 Å². The maximum Gasteiger partial charge on any atom is 0.267 e. The lowest BCUT2D eigenvalue weighted by Crippen LogP contribution is -2.53.